The molecule has 1 unspecified atom stereocenters. The van der Waals surface area contributed by atoms with Crippen molar-refractivity contribution in [3.8, 4) is 11.5 Å². The molecule has 0 N–H and O–H groups in total. The maximum absolute atomic E-state index is 13.6. The van der Waals surface area contributed by atoms with Crippen LogP contribution in [0.2, 0.25) is 0 Å². The van der Waals surface area contributed by atoms with Crippen molar-refractivity contribution in [3.63, 3.8) is 0 Å². The van der Waals surface area contributed by atoms with Crippen molar-refractivity contribution in [2.75, 3.05) is 0 Å². The van der Waals surface area contributed by atoms with E-state index >= 15 is 0 Å². The van der Waals surface area contributed by atoms with E-state index in [1.165, 1.54) is 18.2 Å². The fourth-order valence-electron chi connectivity index (χ4n) is 2.36. The minimum Gasteiger partial charge on any atom is -0.810 e. The Hall–Kier alpha value is -1.77. The molecule has 0 saturated carbocycles. The standard InChI is InChI=1S/C16H18FO7PS/c17-14-8-1-2-9-15(14)24-13-7-3-5-12(11-13)6-4-10-16(25(18,19)20)26(21,22)23/h1-3,5,7-9,11,16H,4,6,10H2,(H2,18,19,20)(H,21,22,23)/p-3. The zero-order valence-electron chi connectivity index (χ0n) is 13.4. The fraction of sp³-hybridized carbons (Fsp3) is 0.250. The molecular formula is C16H15FO7PS-3. The molecule has 0 spiro atoms. The van der Waals surface area contributed by atoms with Crippen LogP contribution in [0.3, 0.4) is 0 Å². The number of benzene rings is 2. The predicted molar refractivity (Wildman–Crippen MR) is 86.9 cm³/mol. The number of ether oxygens (including phenoxy) is 1. The van der Waals surface area contributed by atoms with Gasteiger partial charge in [-0.3, -0.25) is 0 Å². The van der Waals surface area contributed by atoms with E-state index < -0.39 is 34.9 Å². The zero-order chi connectivity index (χ0) is 19.4. The Morgan fingerprint density at radius 3 is 2.42 bits per heavy atom. The van der Waals surface area contributed by atoms with E-state index in [1.807, 2.05) is 0 Å². The van der Waals surface area contributed by atoms with Crippen LogP contribution in [-0.4, -0.2) is 18.0 Å². The first-order valence-corrected chi connectivity index (χ1v) is 10.6. The van der Waals surface area contributed by atoms with Gasteiger partial charge in [-0.05, 0) is 49.1 Å². The molecule has 10 heteroatoms. The quantitative estimate of drug-likeness (QED) is 0.486. The lowest BCUT2D eigenvalue weighted by atomic mass is 10.1. The molecule has 2 rings (SSSR count). The summed E-state index contributed by atoms with van der Waals surface area (Å²) in [5, 5.41) is 0. The molecule has 0 radical (unpaired) electrons. The van der Waals surface area contributed by atoms with Gasteiger partial charge in [0.2, 0.25) is 0 Å². The second kappa shape index (κ2) is 8.28. The predicted octanol–water partition coefficient (Wildman–Crippen LogP) is 1.73. The molecule has 0 aromatic heterocycles. The van der Waals surface area contributed by atoms with Crippen molar-refractivity contribution >= 4 is 17.7 Å². The van der Waals surface area contributed by atoms with Crippen LogP contribution in [0.5, 0.6) is 11.5 Å². The van der Waals surface area contributed by atoms with Crippen LogP contribution in [0, 0.1) is 5.82 Å². The van der Waals surface area contributed by atoms with Gasteiger partial charge in [0.15, 0.2) is 11.6 Å². The van der Waals surface area contributed by atoms with Gasteiger partial charge in [-0.15, -0.1) is 0 Å². The number of rotatable bonds is 8. The number of para-hydroxylation sites is 1. The van der Waals surface area contributed by atoms with Gasteiger partial charge >= 0.3 is 0 Å². The Morgan fingerprint density at radius 2 is 1.81 bits per heavy atom. The molecule has 0 fully saturated rings. The van der Waals surface area contributed by atoms with E-state index in [4.69, 9.17) is 4.74 Å². The Bertz CT molecular complexity index is 910. The topological polar surface area (TPSA) is 130 Å². The molecule has 0 amide bonds. The summed E-state index contributed by atoms with van der Waals surface area (Å²) in [5.41, 5.74) is 0.646. The van der Waals surface area contributed by atoms with Gasteiger partial charge in [0, 0.05) is 0 Å². The first kappa shape index (κ1) is 20.5. The number of halogens is 1. The number of hydrogen-bond acceptors (Lipinski definition) is 7. The third-order valence-electron chi connectivity index (χ3n) is 3.57. The summed E-state index contributed by atoms with van der Waals surface area (Å²) >= 11 is 0. The molecule has 7 nitrogen and oxygen atoms in total. The molecule has 0 saturated heterocycles. The Labute approximate surface area is 150 Å². The van der Waals surface area contributed by atoms with Crippen LogP contribution in [0.1, 0.15) is 18.4 Å². The lowest BCUT2D eigenvalue weighted by molar-refractivity contribution is -0.314. The Kier molecular flexibility index (Phi) is 6.54. The Balaban J connectivity index is 2.03. The van der Waals surface area contributed by atoms with Gasteiger partial charge in [0.1, 0.15) is 15.9 Å². The normalized spacial score (nSPS) is 13.4. The molecule has 26 heavy (non-hydrogen) atoms. The lowest BCUT2D eigenvalue weighted by Crippen LogP contribution is -2.32. The van der Waals surface area contributed by atoms with Gasteiger partial charge in [-0.2, -0.15) is 0 Å². The molecule has 0 heterocycles. The van der Waals surface area contributed by atoms with E-state index in [0.29, 0.717) is 11.3 Å². The van der Waals surface area contributed by atoms with Crippen molar-refractivity contribution in [2.24, 2.45) is 0 Å². The zero-order valence-corrected chi connectivity index (χ0v) is 15.1. The third-order valence-corrected chi connectivity index (χ3v) is 6.98. The third kappa shape index (κ3) is 5.89. The van der Waals surface area contributed by atoms with Gasteiger partial charge < -0.3 is 23.6 Å². The lowest BCUT2D eigenvalue weighted by Gasteiger charge is -2.39. The van der Waals surface area contributed by atoms with E-state index in [-0.39, 0.29) is 18.6 Å². The molecule has 142 valence electrons. The summed E-state index contributed by atoms with van der Waals surface area (Å²) in [6, 6.07) is 12.3. The fourth-order valence-corrected chi connectivity index (χ4v) is 4.58. The van der Waals surface area contributed by atoms with E-state index in [0.717, 1.165) is 0 Å². The van der Waals surface area contributed by atoms with Gasteiger partial charge in [0.25, 0.3) is 0 Å². The monoisotopic (exact) mass is 401 g/mol. The highest BCUT2D eigenvalue weighted by atomic mass is 32.2. The first-order chi connectivity index (χ1) is 12.1. The average Bonchev–Trinajstić information content (AvgIpc) is 2.52. The van der Waals surface area contributed by atoms with Crippen LogP contribution in [-0.2, 0) is 21.1 Å². The number of hydrogen-bond donors (Lipinski definition) is 0. The molecule has 1 atom stereocenters. The van der Waals surface area contributed by atoms with Crippen LogP contribution in [0.4, 0.5) is 4.39 Å². The molecular weight excluding hydrogens is 386 g/mol. The maximum Gasteiger partial charge on any atom is 0.165 e. The summed E-state index contributed by atoms with van der Waals surface area (Å²) in [4.78, 5) is 19.4. The molecule has 0 aliphatic rings. The maximum atomic E-state index is 13.6. The van der Waals surface area contributed by atoms with Crippen LogP contribution < -0.4 is 14.5 Å². The second-order valence-corrected chi connectivity index (χ2v) is 9.17. The summed E-state index contributed by atoms with van der Waals surface area (Å²) in [5.74, 6) is -0.178. The summed E-state index contributed by atoms with van der Waals surface area (Å²) in [6.07, 6.45) is -0.390. The summed E-state index contributed by atoms with van der Waals surface area (Å²) < 4.78 is 62.7. The van der Waals surface area contributed by atoms with Crippen LogP contribution in [0.25, 0.3) is 0 Å². The number of aryl methyl sites for hydroxylation is 1. The summed E-state index contributed by atoms with van der Waals surface area (Å²) in [6.45, 7) is 0. The highest BCUT2D eigenvalue weighted by Crippen LogP contribution is 2.38. The highest BCUT2D eigenvalue weighted by Gasteiger charge is 2.20. The average molecular weight is 401 g/mol. The highest BCUT2D eigenvalue weighted by molar-refractivity contribution is 7.93. The van der Waals surface area contributed by atoms with Crippen LogP contribution in [0.15, 0.2) is 48.5 Å². The van der Waals surface area contributed by atoms with Crippen molar-refractivity contribution in [2.45, 2.75) is 24.3 Å². The second-order valence-electron chi connectivity index (χ2n) is 5.56. The van der Waals surface area contributed by atoms with E-state index in [1.54, 1.807) is 30.3 Å². The molecule has 2 aromatic rings. The van der Waals surface area contributed by atoms with Gasteiger partial charge in [0.05, 0.1) is 4.99 Å². The van der Waals surface area contributed by atoms with Crippen molar-refractivity contribution < 1.29 is 36.4 Å². The van der Waals surface area contributed by atoms with E-state index in [9.17, 15) is 31.7 Å². The van der Waals surface area contributed by atoms with Crippen molar-refractivity contribution in [1.82, 2.24) is 0 Å². The minimum atomic E-state index is -5.55. The SMILES string of the molecule is O=P([O-])([O-])C(CCCc1cccc(Oc2ccccc2F)c1)S(=O)(=O)[O-]. The van der Waals surface area contributed by atoms with Gasteiger partial charge in [-0.25, -0.2) is 12.8 Å². The molecule has 0 bridgehead atoms. The van der Waals surface area contributed by atoms with Crippen molar-refractivity contribution in [1.29, 1.82) is 0 Å². The van der Waals surface area contributed by atoms with Gasteiger partial charge in [-0.1, -0.05) is 31.9 Å². The van der Waals surface area contributed by atoms with Crippen molar-refractivity contribution in [3.05, 3.63) is 59.9 Å². The first-order valence-electron chi connectivity index (χ1n) is 7.55. The largest absolute Gasteiger partial charge is 0.810 e. The molecule has 2 aromatic carbocycles. The Morgan fingerprint density at radius 1 is 1.12 bits per heavy atom. The minimum absolute atomic E-state index is 0.0102. The molecule has 0 aliphatic heterocycles. The van der Waals surface area contributed by atoms with E-state index in [2.05, 4.69) is 0 Å². The smallest absolute Gasteiger partial charge is 0.165 e. The summed E-state index contributed by atoms with van der Waals surface area (Å²) in [7, 11) is -10.8. The molecule has 0 aliphatic carbocycles. The van der Waals surface area contributed by atoms with Crippen LogP contribution >= 0.6 is 7.60 Å².